The molecule has 2 aliphatic heterocycles. The number of nitrogens with zero attached hydrogens (tertiary/aromatic N) is 2. The average Bonchev–Trinajstić information content (AvgIpc) is 1.40. The Kier molecular flexibility index (Phi) is 37.7. The van der Waals surface area contributed by atoms with Crippen molar-refractivity contribution in [2.45, 2.75) is 162 Å². The quantitative estimate of drug-likeness (QED) is 0.00508. The van der Waals surface area contributed by atoms with Crippen molar-refractivity contribution in [3.8, 4) is 0 Å². The summed E-state index contributed by atoms with van der Waals surface area (Å²) in [6.07, 6.45) is 0.247. The Labute approximate surface area is 660 Å². The van der Waals surface area contributed by atoms with Crippen LogP contribution in [0, 0.1) is 10.8 Å². The van der Waals surface area contributed by atoms with Gasteiger partial charge >= 0.3 is 5.97 Å². The predicted octanol–water partition coefficient (Wildman–Crippen LogP) is -4.27. The SMILES string of the molecule is N=C(N)NCCC[C@@H]1NC(=O)CNC(=O)[C@@H](CCOO)NC(=O)[C@@H](Cc2ccccc2)NC(=O)[C@@H](CCCCNC(=O)C(CCC(=O)NCCCC[C@H]2NC(=O)[C@H](CCCNC(=N)N)NC(=O)CNC(=O)[C@@H](CC(=O)O)NC(=O)[C@@H](Cc3ccccc3)NC2=O)NC(=O)c2ccc(N/N=C\c3ccccc3S(=O)(=O)O)nc2)NC1=O. The van der Waals surface area contributed by atoms with Gasteiger partial charge in [-0.3, -0.25) is 93.2 Å². The predicted molar refractivity (Wildman–Crippen MR) is 411 cm³/mol. The molecule has 2 fully saturated rings. The number of carbonyl (C=O) groups excluding carboxylic acids is 13. The van der Waals surface area contributed by atoms with E-state index in [-0.39, 0.29) is 145 Å². The van der Waals surface area contributed by atoms with E-state index in [9.17, 15) is 85.2 Å². The van der Waals surface area contributed by atoms with Crippen LogP contribution in [0.4, 0.5) is 5.82 Å². The van der Waals surface area contributed by atoms with Gasteiger partial charge in [0, 0.05) is 63.6 Å². The monoisotopic (exact) mass is 1620 g/mol. The number of aliphatic carboxylic acids is 1. The van der Waals surface area contributed by atoms with E-state index in [0.717, 1.165) is 18.5 Å². The minimum atomic E-state index is -4.62. The maximum Gasteiger partial charge on any atom is 0.305 e. The van der Waals surface area contributed by atoms with Crippen molar-refractivity contribution in [1.29, 1.82) is 10.8 Å². The van der Waals surface area contributed by atoms with E-state index in [1.165, 1.54) is 30.3 Å². The minimum Gasteiger partial charge on any atom is -0.481 e. The van der Waals surface area contributed by atoms with Crippen molar-refractivity contribution in [3.63, 3.8) is 0 Å². The van der Waals surface area contributed by atoms with Crippen LogP contribution in [0.25, 0.3) is 0 Å². The number of nitrogens with two attached hydrogens (primary N) is 2. The number of amides is 13. The third kappa shape index (κ3) is 33.2. The summed E-state index contributed by atoms with van der Waals surface area (Å²) in [5, 5.41) is 76.5. The van der Waals surface area contributed by atoms with Gasteiger partial charge in [-0.2, -0.15) is 13.5 Å². The number of hydrogen-bond acceptors (Lipinski definition) is 23. The molecular formula is C72H98N22O20S. The molecule has 0 radical (unpaired) electrons. The lowest BCUT2D eigenvalue weighted by atomic mass is 10.0. The molecule has 2 aliphatic rings. The molecule has 13 amide bonds. The van der Waals surface area contributed by atoms with E-state index in [0.29, 0.717) is 11.1 Å². The summed E-state index contributed by atoms with van der Waals surface area (Å²) in [7, 11) is -4.62. The van der Waals surface area contributed by atoms with E-state index in [2.05, 4.69) is 100 Å². The van der Waals surface area contributed by atoms with Gasteiger partial charge in [-0.15, -0.1) is 0 Å². The fourth-order valence-corrected chi connectivity index (χ4v) is 12.4. The summed E-state index contributed by atoms with van der Waals surface area (Å²) in [5.41, 5.74) is 14.5. The molecule has 1 unspecified atom stereocenters. The van der Waals surface area contributed by atoms with Crippen LogP contribution < -0.4 is 96.6 Å². The molecule has 43 heteroatoms. The molecule has 3 heterocycles. The Morgan fingerprint density at radius 2 is 0.974 bits per heavy atom. The molecular weight excluding hydrogens is 1520 g/mol. The van der Waals surface area contributed by atoms with Crippen molar-refractivity contribution < 1.29 is 95.3 Å². The number of unbranched alkanes of at least 4 members (excludes halogenated alkanes) is 2. The van der Waals surface area contributed by atoms with Gasteiger partial charge in [-0.1, -0.05) is 78.9 Å². The molecule has 3 aromatic carbocycles. The van der Waals surface area contributed by atoms with Crippen LogP contribution >= 0.6 is 0 Å². The number of carboxylic acids is 1. The Morgan fingerprint density at radius 3 is 1.45 bits per heavy atom. The smallest absolute Gasteiger partial charge is 0.305 e. The first-order chi connectivity index (χ1) is 55.0. The van der Waals surface area contributed by atoms with Crippen molar-refractivity contribution in [1.82, 2.24) is 84.7 Å². The maximum absolute atomic E-state index is 14.5. The Hall–Kier alpha value is -12.8. The highest BCUT2D eigenvalue weighted by molar-refractivity contribution is 7.86. The van der Waals surface area contributed by atoms with Crippen molar-refractivity contribution >= 4 is 117 Å². The number of guanidine groups is 2. The first-order valence-corrected chi connectivity index (χ1v) is 38.3. The number of pyridine rings is 1. The van der Waals surface area contributed by atoms with Gasteiger partial charge in [-0.05, 0) is 100.0 Å². The van der Waals surface area contributed by atoms with Gasteiger partial charge < -0.3 is 96.3 Å². The van der Waals surface area contributed by atoms with Gasteiger partial charge in [0.1, 0.15) is 65.1 Å². The fourth-order valence-electron chi connectivity index (χ4n) is 11.7. The summed E-state index contributed by atoms with van der Waals surface area (Å²) in [5.74, 6) is -13.4. The number of carbonyl (C=O) groups is 14. The van der Waals surface area contributed by atoms with Crippen molar-refractivity contribution in [2.24, 2.45) is 16.6 Å². The van der Waals surface area contributed by atoms with Crippen LogP contribution in [0.5, 0.6) is 0 Å². The Bertz CT molecular complexity index is 4210. The van der Waals surface area contributed by atoms with Crippen LogP contribution in [-0.4, -0.2) is 229 Å². The summed E-state index contributed by atoms with van der Waals surface area (Å²) < 4.78 is 33.5. The van der Waals surface area contributed by atoms with Gasteiger partial charge in [0.05, 0.1) is 37.9 Å². The lowest BCUT2D eigenvalue weighted by molar-refractivity contribution is -0.243. The van der Waals surface area contributed by atoms with Crippen molar-refractivity contribution in [3.05, 3.63) is 126 Å². The summed E-state index contributed by atoms with van der Waals surface area (Å²) in [6, 6.07) is 11.9. The molecule has 0 spiro atoms. The third-order valence-corrected chi connectivity index (χ3v) is 18.6. The average molecular weight is 1620 g/mol. The second kappa shape index (κ2) is 47.6. The summed E-state index contributed by atoms with van der Waals surface area (Å²) >= 11 is 0. The number of benzene rings is 3. The fraction of sp³-hybridized carbons (Fsp3) is 0.444. The van der Waals surface area contributed by atoms with E-state index in [4.69, 9.17) is 27.5 Å². The highest BCUT2D eigenvalue weighted by Gasteiger charge is 2.36. The van der Waals surface area contributed by atoms with Crippen LogP contribution in [0.15, 0.2) is 113 Å². The highest BCUT2D eigenvalue weighted by Crippen LogP contribution is 2.16. The normalized spacial score (nSPS) is 19.9. The zero-order valence-electron chi connectivity index (χ0n) is 62.6. The number of anilines is 1. The Balaban J connectivity index is 1.19. The molecule has 0 aliphatic carbocycles. The molecule has 2 saturated heterocycles. The first-order valence-electron chi connectivity index (χ1n) is 36.8. The van der Waals surface area contributed by atoms with E-state index in [1.807, 2.05) is 0 Å². The molecule has 0 saturated carbocycles. The molecule has 9 atom stereocenters. The van der Waals surface area contributed by atoms with Gasteiger partial charge in [0.25, 0.3) is 16.0 Å². The van der Waals surface area contributed by atoms with E-state index >= 15 is 0 Å². The van der Waals surface area contributed by atoms with E-state index in [1.54, 1.807) is 60.7 Å². The number of rotatable bonds is 37. The number of hydrogen-bond donors (Lipinski definition) is 23. The molecule has 115 heavy (non-hydrogen) atoms. The minimum absolute atomic E-state index is 0.0294. The second-order valence-electron chi connectivity index (χ2n) is 26.6. The highest BCUT2D eigenvalue weighted by atomic mass is 32.2. The molecule has 4 aromatic rings. The van der Waals surface area contributed by atoms with Gasteiger partial charge in [0.2, 0.25) is 70.9 Å². The van der Waals surface area contributed by atoms with Crippen LogP contribution in [0.2, 0.25) is 0 Å². The van der Waals surface area contributed by atoms with Crippen LogP contribution in [-0.2, 0) is 90.2 Å². The third-order valence-electron chi connectivity index (χ3n) is 17.7. The lowest BCUT2D eigenvalue weighted by Crippen LogP contribution is -2.58. The zero-order chi connectivity index (χ0) is 83.8. The van der Waals surface area contributed by atoms with Crippen LogP contribution in [0.1, 0.15) is 117 Å². The molecule has 1 aromatic heterocycles. The molecule has 25 N–H and O–H groups in total. The van der Waals surface area contributed by atoms with Crippen molar-refractivity contribution in [2.75, 3.05) is 51.3 Å². The standard InChI is InChI=1S/C72H98N22O20S/c73-71(74)79-32-13-22-46-65(104)89-49(67(106)91-52(35-42-15-3-1-4-16-42)69(108)90-51(29-34-114-110)63(102)82-40-58(96)85-46)21-10-12-31-78-62(101)50(87-61(100)45-25-27-56(81-38-45)94-84-39-44-19-7-8-24-55(44)115(111,112)113)26-28-57(95)77-30-11-9-20-48-68(107)92-53(36-43-17-5-2-6-18-43)70(109)93-54(37-60(98)99)64(103)83-41-59(97)86-47(66(105)88-48)23-14-33-80-72(75)76/h1-8,15-19,24-25,27,38-39,46-54,110H,9-14,20-23,26,28-37,40-41H2,(H,77,95)(H,78,101)(H,81,94)(H,82,102)(H,83,103)(H,85,96)(H,86,97)(H,87,100)(H,88,105)(H,89,104)(H,90,108)(H,91,106)(H,92,107)(H,93,109)(H,98,99)(H4,73,74,79)(H4,75,76,80)(H,111,112,113)/b84-39-/t46-,47-,48+,49+,50?,51+,52+,53+,54+/m0/s1. The zero-order valence-corrected chi connectivity index (χ0v) is 63.4. The largest absolute Gasteiger partial charge is 0.481 e. The number of carboxylic acid groups (broad SMARTS) is 1. The van der Waals surface area contributed by atoms with E-state index < -0.39 is 185 Å². The van der Waals surface area contributed by atoms with Crippen LogP contribution in [0.3, 0.4) is 0 Å². The Morgan fingerprint density at radius 1 is 0.539 bits per heavy atom. The summed E-state index contributed by atoms with van der Waals surface area (Å²) in [6.45, 7) is -1.89. The summed E-state index contributed by atoms with van der Waals surface area (Å²) in [4.78, 5) is 201. The topological polar surface area (TPSA) is 661 Å². The number of nitrogens with one attached hydrogen (secondary N) is 18. The molecule has 42 nitrogen and oxygen atoms in total. The number of hydrazone groups is 1. The van der Waals surface area contributed by atoms with Gasteiger partial charge in [-0.25, -0.2) is 9.87 Å². The maximum atomic E-state index is 14.5. The molecule has 0 bridgehead atoms. The lowest BCUT2D eigenvalue weighted by Gasteiger charge is -2.26. The van der Waals surface area contributed by atoms with Gasteiger partial charge in [0.15, 0.2) is 11.9 Å². The first kappa shape index (κ1) is 91.1. The second-order valence-corrected chi connectivity index (χ2v) is 28.0. The molecule has 622 valence electrons. The number of aromatic nitrogens is 1. The molecule has 6 rings (SSSR count).